The topological polar surface area (TPSA) is 56.4 Å². The lowest BCUT2D eigenvalue weighted by Crippen LogP contribution is -2.32. The Bertz CT molecular complexity index is 1170. The maximum atomic E-state index is 10.1. The number of fused-ring (bicyclic) bond motifs is 5. The van der Waals surface area contributed by atoms with E-state index in [1.165, 1.54) is 16.9 Å². The number of benzene rings is 1. The summed E-state index contributed by atoms with van der Waals surface area (Å²) < 4.78 is 2.31. The van der Waals surface area contributed by atoms with Gasteiger partial charge in [-0.25, -0.2) is 4.98 Å². The van der Waals surface area contributed by atoms with Crippen LogP contribution in [0, 0.1) is 28.6 Å². The van der Waals surface area contributed by atoms with Crippen molar-refractivity contribution in [3.8, 4) is 6.07 Å². The number of nitriles is 1. The summed E-state index contributed by atoms with van der Waals surface area (Å²) in [5.41, 5.74) is 6.63. The fraction of sp³-hybridized carbons (Fsp3) is 0.500. The molecule has 2 aliphatic heterocycles. The van der Waals surface area contributed by atoms with Gasteiger partial charge in [-0.3, -0.25) is 4.40 Å². The Morgan fingerprint density at radius 3 is 2.66 bits per heavy atom. The number of nitrogens with one attached hydrogen (secondary N) is 1. The number of para-hydroxylation sites is 2. The number of rotatable bonds is 1. The second-order valence-electron chi connectivity index (χ2n) is 9.95. The van der Waals surface area contributed by atoms with Crippen LogP contribution in [0.25, 0.3) is 16.7 Å². The second-order valence-corrected chi connectivity index (χ2v) is 9.95. The third-order valence-electron chi connectivity index (χ3n) is 7.44. The van der Waals surface area contributed by atoms with Crippen molar-refractivity contribution in [1.82, 2.24) is 14.7 Å². The molecule has 0 saturated carbocycles. The van der Waals surface area contributed by atoms with Crippen molar-refractivity contribution in [2.75, 3.05) is 31.1 Å². The highest BCUT2D eigenvalue weighted by Gasteiger charge is 2.40. The first kappa shape index (κ1) is 17.3. The van der Waals surface area contributed by atoms with Crippen molar-refractivity contribution in [3.63, 3.8) is 0 Å². The minimum Gasteiger partial charge on any atom is -0.357 e. The molecule has 0 spiro atoms. The van der Waals surface area contributed by atoms with E-state index < -0.39 is 0 Å². The molecule has 2 atom stereocenters. The van der Waals surface area contributed by atoms with E-state index in [4.69, 9.17) is 4.98 Å². The molecule has 4 heterocycles. The van der Waals surface area contributed by atoms with Crippen LogP contribution in [-0.4, -0.2) is 35.6 Å². The van der Waals surface area contributed by atoms with Gasteiger partial charge >= 0.3 is 0 Å². The molecular formula is C24H27N5. The molecule has 29 heavy (non-hydrogen) atoms. The van der Waals surface area contributed by atoms with Gasteiger partial charge in [0.15, 0.2) is 5.65 Å². The zero-order valence-corrected chi connectivity index (χ0v) is 17.2. The fourth-order valence-electron chi connectivity index (χ4n) is 5.93. The quantitative estimate of drug-likeness (QED) is 0.696. The molecule has 148 valence electrons. The zero-order chi connectivity index (χ0) is 19.8. The van der Waals surface area contributed by atoms with E-state index in [0.717, 1.165) is 79.5 Å². The molecule has 1 N–H and O–H groups in total. The summed E-state index contributed by atoms with van der Waals surface area (Å²) in [6, 6.07) is 10.9. The van der Waals surface area contributed by atoms with E-state index in [0.29, 0.717) is 0 Å². The third-order valence-corrected chi connectivity index (χ3v) is 7.44. The van der Waals surface area contributed by atoms with Gasteiger partial charge in [0.25, 0.3) is 0 Å². The van der Waals surface area contributed by atoms with Gasteiger partial charge in [0.2, 0.25) is 0 Å². The van der Waals surface area contributed by atoms with E-state index in [1.807, 2.05) is 6.07 Å². The predicted molar refractivity (Wildman–Crippen MR) is 115 cm³/mol. The first-order chi connectivity index (χ1) is 14.1. The Labute approximate surface area is 171 Å². The van der Waals surface area contributed by atoms with E-state index in [9.17, 15) is 5.26 Å². The molecule has 0 bridgehead atoms. The molecule has 5 heteroatoms. The van der Waals surface area contributed by atoms with Crippen LogP contribution < -0.4 is 10.2 Å². The first-order valence-electron chi connectivity index (χ1n) is 10.9. The average molecular weight is 386 g/mol. The van der Waals surface area contributed by atoms with E-state index in [1.54, 1.807) is 0 Å². The van der Waals surface area contributed by atoms with Gasteiger partial charge in [-0.2, -0.15) is 5.26 Å². The van der Waals surface area contributed by atoms with Crippen LogP contribution in [0.15, 0.2) is 24.3 Å². The monoisotopic (exact) mass is 385 g/mol. The van der Waals surface area contributed by atoms with Crippen LogP contribution in [-0.2, 0) is 12.8 Å². The Morgan fingerprint density at radius 1 is 1.14 bits per heavy atom. The molecule has 6 rings (SSSR count). The third kappa shape index (κ3) is 2.45. The number of nitrogens with zero attached hydrogens (tertiary/aromatic N) is 4. The molecule has 0 unspecified atom stereocenters. The van der Waals surface area contributed by atoms with Gasteiger partial charge < -0.3 is 10.2 Å². The number of hydrogen-bond acceptors (Lipinski definition) is 4. The standard InChI is InChI=1S/C24H27N5/c1-24(2)8-7-17-18(9-24)23(28-13-15-11-26-12-16(15)14-28)29-21-6-4-3-5-20(21)27-22(29)19(17)10-25/h3-6,15-16,26H,7-9,11-14H2,1-2H3/t15-,16+. The van der Waals surface area contributed by atoms with Crippen LogP contribution in [0.3, 0.4) is 0 Å². The lowest BCUT2D eigenvalue weighted by Gasteiger charge is -2.36. The molecule has 0 radical (unpaired) electrons. The predicted octanol–water partition coefficient (Wildman–Crippen LogP) is 3.53. The maximum absolute atomic E-state index is 10.1. The SMILES string of the molecule is CC1(C)CCc2c(c(N3C[C@H]4CNC[C@H]4C3)n3c(nc4ccccc43)c2C#N)C1. The van der Waals surface area contributed by atoms with Crippen molar-refractivity contribution in [2.24, 2.45) is 17.3 Å². The lowest BCUT2D eigenvalue weighted by atomic mass is 9.73. The molecule has 2 fully saturated rings. The number of hydrogen-bond donors (Lipinski definition) is 1. The van der Waals surface area contributed by atoms with Gasteiger partial charge in [-0.15, -0.1) is 0 Å². The number of pyridine rings is 1. The summed E-state index contributed by atoms with van der Waals surface area (Å²) in [5, 5.41) is 13.7. The largest absolute Gasteiger partial charge is 0.357 e. The van der Waals surface area contributed by atoms with Crippen LogP contribution in [0.4, 0.5) is 5.82 Å². The number of imidazole rings is 1. The first-order valence-corrected chi connectivity index (χ1v) is 10.9. The highest BCUT2D eigenvalue weighted by molar-refractivity contribution is 5.86. The summed E-state index contributed by atoms with van der Waals surface area (Å²) >= 11 is 0. The minimum absolute atomic E-state index is 0.260. The summed E-state index contributed by atoms with van der Waals surface area (Å²) in [6.45, 7) is 9.17. The van der Waals surface area contributed by atoms with Gasteiger partial charge in [0, 0.05) is 26.2 Å². The van der Waals surface area contributed by atoms with Crippen molar-refractivity contribution < 1.29 is 0 Å². The van der Waals surface area contributed by atoms with Gasteiger partial charge in [0.05, 0.1) is 16.6 Å². The number of anilines is 1. The second kappa shape index (κ2) is 5.96. The van der Waals surface area contributed by atoms with E-state index in [2.05, 4.69) is 52.7 Å². The highest BCUT2D eigenvalue weighted by Crippen LogP contribution is 2.44. The highest BCUT2D eigenvalue weighted by atomic mass is 15.3. The molecule has 2 saturated heterocycles. The van der Waals surface area contributed by atoms with Crippen molar-refractivity contribution >= 4 is 22.5 Å². The molecular weight excluding hydrogens is 358 g/mol. The van der Waals surface area contributed by atoms with Crippen molar-refractivity contribution in [2.45, 2.75) is 33.1 Å². The Kier molecular flexibility index (Phi) is 3.56. The van der Waals surface area contributed by atoms with Gasteiger partial charge in [-0.1, -0.05) is 26.0 Å². The number of aromatic nitrogens is 2. The van der Waals surface area contributed by atoms with Crippen molar-refractivity contribution in [1.29, 1.82) is 5.26 Å². The fourth-order valence-corrected chi connectivity index (χ4v) is 5.93. The molecule has 3 aromatic rings. The molecule has 1 aliphatic carbocycles. The summed E-state index contributed by atoms with van der Waals surface area (Å²) in [7, 11) is 0. The van der Waals surface area contributed by atoms with E-state index >= 15 is 0 Å². The molecule has 3 aliphatic rings. The van der Waals surface area contributed by atoms with Gasteiger partial charge in [0.1, 0.15) is 11.9 Å². The Morgan fingerprint density at radius 2 is 1.90 bits per heavy atom. The van der Waals surface area contributed by atoms with E-state index in [-0.39, 0.29) is 5.41 Å². The smallest absolute Gasteiger partial charge is 0.157 e. The summed E-state index contributed by atoms with van der Waals surface area (Å²) in [5.74, 6) is 2.76. The molecule has 5 nitrogen and oxygen atoms in total. The summed E-state index contributed by atoms with van der Waals surface area (Å²) in [6.07, 6.45) is 3.12. The van der Waals surface area contributed by atoms with Gasteiger partial charge in [-0.05, 0) is 59.8 Å². The van der Waals surface area contributed by atoms with Crippen LogP contribution in [0.1, 0.15) is 37.0 Å². The average Bonchev–Trinajstić information content (AvgIpc) is 3.38. The molecule has 1 aromatic carbocycles. The zero-order valence-electron chi connectivity index (χ0n) is 17.2. The van der Waals surface area contributed by atoms with Crippen LogP contribution in [0.2, 0.25) is 0 Å². The summed E-state index contributed by atoms with van der Waals surface area (Å²) in [4.78, 5) is 7.55. The van der Waals surface area contributed by atoms with Crippen LogP contribution >= 0.6 is 0 Å². The Balaban J connectivity index is 1.69. The van der Waals surface area contributed by atoms with Crippen LogP contribution in [0.5, 0.6) is 0 Å². The molecule has 2 aromatic heterocycles. The lowest BCUT2D eigenvalue weighted by molar-refractivity contribution is 0.315. The van der Waals surface area contributed by atoms with Crippen molar-refractivity contribution in [3.05, 3.63) is 41.0 Å². The molecule has 0 amide bonds. The maximum Gasteiger partial charge on any atom is 0.157 e. The minimum atomic E-state index is 0.260. The normalized spacial score (nSPS) is 25.3. The Hall–Kier alpha value is -2.58.